The van der Waals surface area contributed by atoms with Crippen molar-refractivity contribution in [1.82, 2.24) is 9.88 Å². The van der Waals surface area contributed by atoms with E-state index < -0.39 is 6.09 Å². The SMILES string of the molecule is COc1ccc(CN2CCN(c3cncc(OC(N)=O)c3)C2=O)cc1. The van der Waals surface area contributed by atoms with Crippen LogP contribution in [0.15, 0.2) is 42.7 Å². The van der Waals surface area contributed by atoms with Crippen LogP contribution < -0.4 is 20.1 Å². The van der Waals surface area contributed by atoms with Crippen LogP contribution in [0.1, 0.15) is 5.56 Å². The number of benzene rings is 1. The molecule has 8 heteroatoms. The van der Waals surface area contributed by atoms with Gasteiger partial charge in [-0.05, 0) is 17.7 Å². The molecule has 0 spiro atoms. The first-order chi connectivity index (χ1) is 12.1. The van der Waals surface area contributed by atoms with E-state index in [2.05, 4.69) is 4.98 Å². The van der Waals surface area contributed by atoms with Crippen molar-refractivity contribution in [3.05, 3.63) is 48.3 Å². The molecule has 1 aromatic carbocycles. The van der Waals surface area contributed by atoms with Gasteiger partial charge in [-0.2, -0.15) is 0 Å². The average molecular weight is 342 g/mol. The second-order valence-corrected chi connectivity index (χ2v) is 5.50. The molecule has 0 saturated carbocycles. The van der Waals surface area contributed by atoms with Crippen LogP contribution >= 0.6 is 0 Å². The third-order valence-corrected chi connectivity index (χ3v) is 3.86. The fraction of sp³-hybridized carbons (Fsp3) is 0.235. The Balaban J connectivity index is 1.69. The number of hydrogen-bond donors (Lipinski definition) is 1. The van der Waals surface area contributed by atoms with Gasteiger partial charge in [-0.1, -0.05) is 12.1 Å². The zero-order valence-electron chi connectivity index (χ0n) is 13.7. The summed E-state index contributed by atoms with van der Waals surface area (Å²) in [5.41, 5.74) is 6.57. The van der Waals surface area contributed by atoms with Gasteiger partial charge in [0.1, 0.15) is 5.75 Å². The molecular weight excluding hydrogens is 324 g/mol. The number of carbonyl (C=O) groups is 2. The van der Waals surface area contributed by atoms with Gasteiger partial charge < -0.3 is 20.1 Å². The van der Waals surface area contributed by atoms with Gasteiger partial charge in [-0.15, -0.1) is 0 Å². The summed E-state index contributed by atoms with van der Waals surface area (Å²) in [6, 6.07) is 9.01. The Kier molecular flexibility index (Phi) is 4.69. The smallest absolute Gasteiger partial charge is 0.410 e. The summed E-state index contributed by atoms with van der Waals surface area (Å²) in [6.07, 6.45) is 1.99. The molecule has 2 heterocycles. The lowest BCUT2D eigenvalue weighted by Crippen LogP contribution is -2.31. The topological polar surface area (TPSA) is 98.0 Å². The van der Waals surface area contributed by atoms with Crippen molar-refractivity contribution < 1.29 is 19.1 Å². The number of primary amides is 1. The molecule has 2 N–H and O–H groups in total. The lowest BCUT2D eigenvalue weighted by Gasteiger charge is -2.19. The molecule has 3 amide bonds. The van der Waals surface area contributed by atoms with E-state index in [9.17, 15) is 9.59 Å². The molecule has 0 aliphatic carbocycles. The summed E-state index contributed by atoms with van der Waals surface area (Å²) in [5, 5.41) is 0. The third kappa shape index (κ3) is 3.79. The van der Waals surface area contributed by atoms with Crippen molar-refractivity contribution >= 4 is 17.8 Å². The van der Waals surface area contributed by atoms with Crippen LogP contribution in [0.4, 0.5) is 15.3 Å². The number of ether oxygens (including phenoxy) is 2. The Morgan fingerprint density at radius 3 is 2.64 bits per heavy atom. The van der Waals surface area contributed by atoms with Gasteiger partial charge in [-0.25, -0.2) is 9.59 Å². The average Bonchev–Trinajstić information content (AvgIpc) is 2.96. The number of carbonyl (C=O) groups excluding carboxylic acids is 2. The predicted octanol–water partition coefficient (Wildman–Crippen LogP) is 1.99. The second kappa shape index (κ2) is 7.08. The van der Waals surface area contributed by atoms with E-state index in [-0.39, 0.29) is 11.8 Å². The van der Waals surface area contributed by atoms with E-state index in [4.69, 9.17) is 15.2 Å². The van der Waals surface area contributed by atoms with E-state index in [1.165, 1.54) is 6.20 Å². The molecule has 1 saturated heterocycles. The fourth-order valence-electron chi connectivity index (χ4n) is 2.65. The van der Waals surface area contributed by atoms with Crippen molar-refractivity contribution in [2.75, 3.05) is 25.1 Å². The third-order valence-electron chi connectivity index (χ3n) is 3.86. The monoisotopic (exact) mass is 342 g/mol. The number of amides is 3. The summed E-state index contributed by atoms with van der Waals surface area (Å²) in [4.78, 5) is 30.8. The van der Waals surface area contributed by atoms with Crippen LogP contribution in [-0.4, -0.2) is 42.2 Å². The van der Waals surface area contributed by atoms with Crippen LogP contribution in [-0.2, 0) is 6.54 Å². The number of nitrogens with zero attached hydrogens (tertiary/aromatic N) is 3. The van der Waals surface area contributed by atoms with Crippen molar-refractivity contribution in [2.45, 2.75) is 6.54 Å². The Morgan fingerprint density at radius 2 is 1.96 bits per heavy atom. The van der Waals surface area contributed by atoms with Crippen LogP contribution in [0, 0.1) is 0 Å². The number of aromatic nitrogens is 1. The van der Waals surface area contributed by atoms with E-state index in [0.717, 1.165) is 11.3 Å². The number of rotatable bonds is 5. The maximum absolute atomic E-state index is 12.6. The van der Waals surface area contributed by atoms with Gasteiger partial charge in [0.2, 0.25) is 0 Å². The Morgan fingerprint density at radius 1 is 1.20 bits per heavy atom. The van der Waals surface area contributed by atoms with Gasteiger partial charge in [0.05, 0.1) is 25.2 Å². The van der Waals surface area contributed by atoms with Gasteiger partial charge >= 0.3 is 12.1 Å². The number of pyridine rings is 1. The standard InChI is InChI=1S/C17H18N4O4/c1-24-14-4-2-12(3-5-14)11-20-6-7-21(17(20)23)13-8-15(10-19-9-13)25-16(18)22/h2-5,8-10H,6-7,11H2,1H3,(H2,18,22). The molecule has 0 bridgehead atoms. The second-order valence-electron chi connectivity index (χ2n) is 5.50. The van der Waals surface area contributed by atoms with Gasteiger partial charge in [-0.3, -0.25) is 9.88 Å². The molecule has 0 atom stereocenters. The van der Waals surface area contributed by atoms with Crippen molar-refractivity contribution in [3.8, 4) is 11.5 Å². The lowest BCUT2D eigenvalue weighted by molar-refractivity contribution is 0.210. The summed E-state index contributed by atoms with van der Waals surface area (Å²) >= 11 is 0. The molecule has 130 valence electrons. The first kappa shape index (κ1) is 16.6. The molecule has 0 radical (unpaired) electrons. The minimum atomic E-state index is -0.923. The maximum atomic E-state index is 12.6. The number of urea groups is 1. The summed E-state index contributed by atoms with van der Waals surface area (Å²) < 4.78 is 9.94. The van der Waals surface area contributed by atoms with Crippen molar-refractivity contribution in [1.29, 1.82) is 0 Å². The van der Waals surface area contributed by atoms with E-state index in [0.29, 0.717) is 25.3 Å². The number of hydrogen-bond acceptors (Lipinski definition) is 5. The fourth-order valence-corrected chi connectivity index (χ4v) is 2.65. The zero-order valence-corrected chi connectivity index (χ0v) is 13.7. The summed E-state index contributed by atoms with van der Waals surface area (Å²) in [6.45, 7) is 1.62. The molecule has 0 unspecified atom stereocenters. The maximum Gasteiger partial charge on any atom is 0.410 e. The quantitative estimate of drug-likeness (QED) is 0.896. The minimum Gasteiger partial charge on any atom is -0.497 e. The highest BCUT2D eigenvalue weighted by molar-refractivity contribution is 5.94. The molecule has 25 heavy (non-hydrogen) atoms. The molecule has 1 fully saturated rings. The molecule has 2 aromatic rings. The molecular formula is C17H18N4O4. The number of anilines is 1. The van der Waals surface area contributed by atoms with Crippen molar-refractivity contribution in [3.63, 3.8) is 0 Å². The van der Waals surface area contributed by atoms with Crippen LogP contribution in [0.2, 0.25) is 0 Å². The normalized spacial score (nSPS) is 13.9. The number of nitrogens with two attached hydrogens (primary N) is 1. The van der Waals surface area contributed by atoms with Gasteiger partial charge in [0.15, 0.2) is 5.75 Å². The zero-order chi connectivity index (χ0) is 17.8. The molecule has 3 rings (SSSR count). The largest absolute Gasteiger partial charge is 0.497 e. The Bertz CT molecular complexity index is 778. The summed E-state index contributed by atoms with van der Waals surface area (Å²) in [7, 11) is 1.61. The molecule has 1 aromatic heterocycles. The molecule has 1 aliphatic heterocycles. The van der Waals surface area contributed by atoms with Crippen molar-refractivity contribution in [2.24, 2.45) is 5.73 Å². The van der Waals surface area contributed by atoms with Crippen LogP contribution in [0.5, 0.6) is 11.5 Å². The lowest BCUT2D eigenvalue weighted by atomic mass is 10.2. The highest BCUT2D eigenvalue weighted by atomic mass is 16.5. The summed E-state index contributed by atoms with van der Waals surface area (Å²) in [5.74, 6) is 0.974. The van der Waals surface area contributed by atoms with E-state index >= 15 is 0 Å². The molecule has 8 nitrogen and oxygen atoms in total. The Hall–Kier alpha value is -3.29. The van der Waals surface area contributed by atoms with Crippen LogP contribution in [0.25, 0.3) is 0 Å². The van der Waals surface area contributed by atoms with Crippen LogP contribution in [0.3, 0.4) is 0 Å². The van der Waals surface area contributed by atoms with E-state index in [1.807, 2.05) is 24.3 Å². The predicted molar refractivity (Wildman–Crippen MR) is 90.6 cm³/mol. The number of methoxy groups -OCH3 is 1. The van der Waals surface area contributed by atoms with E-state index in [1.54, 1.807) is 29.2 Å². The highest BCUT2D eigenvalue weighted by Gasteiger charge is 2.30. The minimum absolute atomic E-state index is 0.131. The first-order valence-corrected chi connectivity index (χ1v) is 7.68. The van der Waals surface area contributed by atoms with Gasteiger partial charge in [0, 0.05) is 25.7 Å². The highest BCUT2D eigenvalue weighted by Crippen LogP contribution is 2.24. The molecule has 1 aliphatic rings. The first-order valence-electron chi connectivity index (χ1n) is 7.68. The Labute approximate surface area is 144 Å². The van der Waals surface area contributed by atoms with Gasteiger partial charge in [0.25, 0.3) is 0 Å².